The van der Waals surface area contributed by atoms with E-state index in [0.29, 0.717) is 28.3 Å². The second-order valence-corrected chi connectivity index (χ2v) is 4.87. The smallest absolute Gasteiger partial charge is 0.417 e. The first-order chi connectivity index (χ1) is 11.3. The fraction of sp³-hybridized carbons (Fsp3) is 0.267. The van der Waals surface area contributed by atoms with Crippen molar-refractivity contribution in [1.82, 2.24) is 14.9 Å². The molecular formula is C15H14F3N3O3. The maximum atomic E-state index is 12.6. The Morgan fingerprint density at radius 1 is 1.29 bits per heavy atom. The quantitative estimate of drug-likeness (QED) is 0.896. The number of nitrogens with one attached hydrogen (secondary N) is 1. The number of alkyl halides is 3. The molecule has 0 aromatic carbocycles. The minimum atomic E-state index is -4.58. The number of hydrogen-bond acceptors (Lipinski definition) is 4. The molecule has 1 N–H and O–H groups in total. The van der Waals surface area contributed by atoms with Crippen LogP contribution in [0.25, 0.3) is 0 Å². The summed E-state index contributed by atoms with van der Waals surface area (Å²) in [7, 11) is 1.47. The van der Waals surface area contributed by atoms with Crippen LogP contribution in [0.1, 0.15) is 11.1 Å². The van der Waals surface area contributed by atoms with Crippen LogP contribution in [0, 0.1) is 0 Å². The van der Waals surface area contributed by atoms with Gasteiger partial charge in [0, 0.05) is 31.1 Å². The van der Waals surface area contributed by atoms with Crippen LogP contribution in [-0.2, 0) is 24.1 Å². The molecule has 2 heterocycles. The van der Waals surface area contributed by atoms with Gasteiger partial charge in [-0.15, -0.1) is 0 Å². The van der Waals surface area contributed by atoms with E-state index in [0.717, 1.165) is 6.07 Å². The molecule has 0 radical (unpaired) electrons. The molecule has 0 saturated carbocycles. The van der Waals surface area contributed by atoms with Crippen molar-refractivity contribution in [2.45, 2.75) is 19.3 Å². The lowest BCUT2D eigenvalue weighted by Gasteiger charge is -2.11. The summed E-state index contributed by atoms with van der Waals surface area (Å²) in [6.45, 7) is -0.379. The van der Waals surface area contributed by atoms with Gasteiger partial charge >= 0.3 is 6.18 Å². The zero-order valence-corrected chi connectivity index (χ0v) is 12.6. The molecule has 0 aliphatic carbocycles. The fourth-order valence-electron chi connectivity index (χ4n) is 1.87. The van der Waals surface area contributed by atoms with E-state index in [1.165, 1.54) is 13.3 Å². The van der Waals surface area contributed by atoms with Crippen LogP contribution in [0.15, 0.2) is 41.5 Å². The molecule has 9 heteroatoms. The third kappa shape index (κ3) is 4.58. The average Bonchev–Trinajstić information content (AvgIpc) is 2.54. The van der Waals surface area contributed by atoms with E-state index in [2.05, 4.69) is 10.3 Å². The van der Waals surface area contributed by atoms with Crippen molar-refractivity contribution < 1.29 is 22.7 Å². The Morgan fingerprint density at radius 2 is 2.04 bits per heavy atom. The van der Waals surface area contributed by atoms with Crippen LogP contribution in [0.5, 0.6) is 5.88 Å². The topological polar surface area (TPSA) is 73.2 Å². The van der Waals surface area contributed by atoms with Crippen molar-refractivity contribution in [1.29, 1.82) is 0 Å². The molecular weight excluding hydrogens is 327 g/mol. The van der Waals surface area contributed by atoms with E-state index in [1.54, 1.807) is 12.1 Å². The number of rotatable bonds is 5. The second-order valence-electron chi connectivity index (χ2n) is 4.87. The van der Waals surface area contributed by atoms with Gasteiger partial charge in [0.2, 0.25) is 11.8 Å². The summed E-state index contributed by atoms with van der Waals surface area (Å²) in [5, 5.41) is 2.51. The van der Waals surface area contributed by atoms with E-state index in [9.17, 15) is 22.8 Å². The molecule has 2 aromatic heterocycles. The summed E-state index contributed by atoms with van der Waals surface area (Å²) in [5.74, 6) is -0.173. The Hall–Kier alpha value is -2.84. The normalized spacial score (nSPS) is 11.2. The predicted molar refractivity (Wildman–Crippen MR) is 78.3 cm³/mol. The minimum Gasteiger partial charge on any atom is -0.481 e. The Kier molecular flexibility index (Phi) is 5.22. The van der Waals surface area contributed by atoms with Gasteiger partial charge in [-0.1, -0.05) is 6.07 Å². The van der Waals surface area contributed by atoms with Gasteiger partial charge in [0.25, 0.3) is 5.56 Å². The monoisotopic (exact) mass is 341 g/mol. The number of pyridine rings is 2. The number of nitrogens with zero attached hydrogens (tertiary/aromatic N) is 2. The van der Waals surface area contributed by atoms with Gasteiger partial charge in [0.1, 0.15) is 6.54 Å². The zero-order valence-electron chi connectivity index (χ0n) is 12.6. The highest BCUT2D eigenvalue weighted by atomic mass is 19.4. The third-order valence-electron chi connectivity index (χ3n) is 3.12. The number of methoxy groups -OCH3 is 1. The van der Waals surface area contributed by atoms with E-state index in [4.69, 9.17) is 4.74 Å². The number of carbonyl (C=O) groups is 1. The first kappa shape index (κ1) is 17.5. The summed E-state index contributed by atoms with van der Waals surface area (Å²) in [5.41, 5.74) is -1.00. The predicted octanol–water partition coefficient (Wildman–Crippen LogP) is 1.59. The number of aromatic nitrogens is 2. The molecule has 0 saturated heterocycles. The molecule has 1 amide bonds. The zero-order chi connectivity index (χ0) is 17.7. The molecule has 6 nitrogen and oxygen atoms in total. The number of carbonyl (C=O) groups excluding carboxylic acids is 1. The van der Waals surface area contributed by atoms with Crippen LogP contribution in [0.3, 0.4) is 0 Å². The SMILES string of the molecule is COc1ccc(CNC(=O)Cn2cc(C(F)(F)F)ccc2=O)cn1. The lowest BCUT2D eigenvalue weighted by molar-refractivity contribution is -0.138. The minimum absolute atomic E-state index is 0.129. The van der Waals surface area contributed by atoms with Crippen LogP contribution in [0.4, 0.5) is 13.2 Å². The van der Waals surface area contributed by atoms with Gasteiger partial charge in [-0.05, 0) is 11.6 Å². The molecule has 24 heavy (non-hydrogen) atoms. The molecule has 0 aliphatic heterocycles. The standard InChI is InChI=1S/C15H14F3N3O3/c1-24-13-4-2-10(7-20-13)6-19-12(22)9-21-8-11(15(16,17)18)3-5-14(21)23/h2-5,7-8H,6,9H2,1H3,(H,19,22). The van der Waals surface area contributed by atoms with E-state index in [-0.39, 0.29) is 6.54 Å². The fourth-order valence-corrected chi connectivity index (χ4v) is 1.87. The number of halogens is 3. The molecule has 128 valence electrons. The number of hydrogen-bond donors (Lipinski definition) is 1. The largest absolute Gasteiger partial charge is 0.481 e. The van der Waals surface area contributed by atoms with Crippen molar-refractivity contribution in [3.05, 3.63) is 58.1 Å². The Balaban J connectivity index is 2.00. The third-order valence-corrected chi connectivity index (χ3v) is 3.12. The molecule has 0 bridgehead atoms. The highest BCUT2D eigenvalue weighted by molar-refractivity contribution is 5.75. The Morgan fingerprint density at radius 3 is 2.62 bits per heavy atom. The summed E-state index contributed by atoms with van der Waals surface area (Å²) >= 11 is 0. The molecule has 0 spiro atoms. The average molecular weight is 341 g/mol. The van der Waals surface area contributed by atoms with Gasteiger partial charge in [-0.25, -0.2) is 4.98 Å². The molecule has 0 unspecified atom stereocenters. The highest BCUT2D eigenvalue weighted by Gasteiger charge is 2.31. The summed E-state index contributed by atoms with van der Waals surface area (Å²) < 4.78 is 43.5. The lowest BCUT2D eigenvalue weighted by atomic mass is 10.2. The molecule has 0 aliphatic rings. The van der Waals surface area contributed by atoms with Crippen LogP contribution >= 0.6 is 0 Å². The Bertz CT molecular complexity index is 770. The van der Waals surface area contributed by atoms with Gasteiger partial charge in [0.05, 0.1) is 12.7 Å². The summed E-state index contributed by atoms with van der Waals surface area (Å²) in [4.78, 5) is 27.4. The van der Waals surface area contributed by atoms with Gasteiger partial charge < -0.3 is 14.6 Å². The maximum absolute atomic E-state index is 12.6. The van der Waals surface area contributed by atoms with E-state index in [1.807, 2.05) is 0 Å². The molecule has 0 fully saturated rings. The van der Waals surface area contributed by atoms with Gasteiger partial charge in [0.15, 0.2) is 0 Å². The van der Waals surface area contributed by atoms with Crippen LogP contribution in [-0.4, -0.2) is 22.6 Å². The van der Waals surface area contributed by atoms with Gasteiger partial charge in [-0.2, -0.15) is 13.2 Å². The summed E-state index contributed by atoms with van der Waals surface area (Å²) in [6, 6.07) is 4.75. The number of ether oxygens (including phenoxy) is 1. The molecule has 0 atom stereocenters. The van der Waals surface area contributed by atoms with Crippen LogP contribution in [0.2, 0.25) is 0 Å². The molecule has 2 rings (SSSR count). The summed E-state index contributed by atoms with van der Waals surface area (Å²) in [6.07, 6.45) is -2.47. The van der Waals surface area contributed by atoms with Crippen molar-refractivity contribution in [3.63, 3.8) is 0 Å². The Labute approximate surface area is 134 Å². The van der Waals surface area contributed by atoms with Crippen molar-refractivity contribution in [2.75, 3.05) is 7.11 Å². The maximum Gasteiger partial charge on any atom is 0.417 e. The molecule has 2 aromatic rings. The van der Waals surface area contributed by atoms with Crippen LogP contribution < -0.4 is 15.6 Å². The first-order valence-corrected chi connectivity index (χ1v) is 6.83. The van der Waals surface area contributed by atoms with Crippen molar-refractivity contribution >= 4 is 5.91 Å². The van der Waals surface area contributed by atoms with Crippen molar-refractivity contribution in [2.24, 2.45) is 0 Å². The lowest BCUT2D eigenvalue weighted by Crippen LogP contribution is -2.32. The van der Waals surface area contributed by atoms with Crippen molar-refractivity contribution in [3.8, 4) is 5.88 Å². The first-order valence-electron chi connectivity index (χ1n) is 6.83. The van der Waals surface area contributed by atoms with E-state index < -0.39 is 29.8 Å². The highest BCUT2D eigenvalue weighted by Crippen LogP contribution is 2.27. The second kappa shape index (κ2) is 7.16. The number of amides is 1. The van der Waals surface area contributed by atoms with Gasteiger partial charge in [-0.3, -0.25) is 9.59 Å². The van der Waals surface area contributed by atoms with E-state index >= 15 is 0 Å².